The Morgan fingerprint density at radius 1 is 1.38 bits per heavy atom. The summed E-state index contributed by atoms with van der Waals surface area (Å²) in [7, 11) is 0. The molecule has 0 amide bonds. The number of aliphatic hydroxyl groups excluding tert-OH is 2. The van der Waals surface area contributed by atoms with Gasteiger partial charge in [0.05, 0.1) is 0 Å². The van der Waals surface area contributed by atoms with Crippen molar-refractivity contribution in [3.05, 3.63) is 0 Å². The maximum Gasteiger partial charge on any atom is 0.0462 e. The van der Waals surface area contributed by atoms with Crippen LogP contribution >= 0.6 is 0 Å². The number of aliphatic hydroxyl groups is 2. The quantitative estimate of drug-likeness (QED) is 0.534. The van der Waals surface area contributed by atoms with Crippen molar-refractivity contribution in [2.75, 3.05) is 13.2 Å². The van der Waals surface area contributed by atoms with E-state index in [0.29, 0.717) is 0 Å². The van der Waals surface area contributed by atoms with Crippen molar-refractivity contribution in [2.45, 2.75) is 12.8 Å². The molecule has 1 fully saturated rings. The van der Waals surface area contributed by atoms with Gasteiger partial charge in [-0.3, -0.25) is 0 Å². The van der Waals surface area contributed by atoms with Crippen LogP contribution in [-0.4, -0.2) is 23.4 Å². The van der Waals surface area contributed by atoms with Crippen molar-refractivity contribution in [1.82, 2.24) is 0 Å². The molecule has 1 rings (SSSR count). The van der Waals surface area contributed by atoms with Crippen molar-refractivity contribution >= 4 is 0 Å². The van der Waals surface area contributed by atoms with E-state index in [1.54, 1.807) is 0 Å². The van der Waals surface area contributed by atoms with E-state index in [9.17, 15) is 0 Å². The Morgan fingerprint density at radius 2 is 2.12 bits per heavy atom. The predicted molar refractivity (Wildman–Crippen MR) is 30.4 cm³/mol. The molecule has 2 atom stereocenters. The minimum atomic E-state index is -0.714. The third-order valence-corrected chi connectivity index (χ3v) is 1.81. The van der Waals surface area contributed by atoms with Crippen LogP contribution in [0.1, 0.15) is 14.2 Å². The molecular weight excluding hydrogens is 104 g/mol. The molecule has 0 spiro atoms. The van der Waals surface area contributed by atoms with Gasteiger partial charge in [-0.25, -0.2) is 0 Å². The first-order chi connectivity index (χ1) is 4.23. The first-order valence-corrected chi connectivity index (χ1v) is 2.94. The molecule has 0 aliphatic heterocycles. The standard InChI is InChI=1S/C6H12O2/c7-3-5-1-2-6(5)4-8/h5-8H,1-4H2/i5D. The van der Waals surface area contributed by atoms with Crippen LogP contribution in [0.25, 0.3) is 0 Å². The van der Waals surface area contributed by atoms with Gasteiger partial charge in [0, 0.05) is 14.6 Å². The molecule has 2 unspecified atom stereocenters. The molecule has 8 heavy (non-hydrogen) atoms. The Bertz CT molecular complexity index is 101. The lowest BCUT2D eigenvalue weighted by atomic mass is 9.75. The van der Waals surface area contributed by atoms with Gasteiger partial charge in [0.1, 0.15) is 0 Å². The number of rotatable bonds is 2. The lowest BCUT2D eigenvalue weighted by Crippen LogP contribution is -2.31. The zero-order valence-corrected chi connectivity index (χ0v) is 4.80. The second-order valence-electron chi connectivity index (χ2n) is 2.23. The van der Waals surface area contributed by atoms with Crippen LogP contribution in [0, 0.1) is 11.8 Å². The van der Waals surface area contributed by atoms with Crippen LogP contribution < -0.4 is 0 Å². The van der Waals surface area contributed by atoms with Gasteiger partial charge >= 0.3 is 0 Å². The Morgan fingerprint density at radius 3 is 2.25 bits per heavy atom. The smallest absolute Gasteiger partial charge is 0.0462 e. The molecule has 0 saturated heterocycles. The third-order valence-electron chi connectivity index (χ3n) is 1.81. The molecule has 0 aromatic heterocycles. The van der Waals surface area contributed by atoms with E-state index in [0.717, 1.165) is 12.8 Å². The van der Waals surface area contributed by atoms with Crippen LogP contribution in [0.3, 0.4) is 0 Å². The summed E-state index contributed by atoms with van der Waals surface area (Å²) in [6.07, 6.45) is 1.62. The van der Waals surface area contributed by atoms with Crippen molar-refractivity contribution in [1.29, 1.82) is 0 Å². The average Bonchev–Trinajstić information content (AvgIpc) is 1.85. The highest BCUT2D eigenvalue weighted by atomic mass is 16.3. The summed E-state index contributed by atoms with van der Waals surface area (Å²) in [6, 6.07) is 0. The van der Waals surface area contributed by atoms with Crippen molar-refractivity contribution in [2.24, 2.45) is 11.8 Å². The number of hydrogen-bond acceptors (Lipinski definition) is 2. The van der Waals surface area contributed by atoms with Crippen molar-refractivity contribution < 1.29 is 11.6 Å². The van der Waals surface area contributed by atoms with Gasteiger partial charge in [-0.15, -0.1) is 0 Å². The molecule has 1 saturated carbocycles. The molecule has 1 aliphatic rings. The summed E-state index contributed by atoms with van der Waals surface area (Å²) >= 11 is 0. The summed E-state index contributed by atoms with van der Waals surface area (Å²) in [4.78, 5) is 0. The molecule has 0 aromatic carbocycles. The van der Waals surface area contributed by atoms with E-state index in [4.69, 9.17) is 11.6 Å². The summed E-state index contributed by atoms with van der Waals surface area (Å²) < 4.78 is 7.46. The highest BCUT2D eigenvalue weighted by molar-refractivity contribution is 4.78. The normalized spacial score (nSPS) is 47.8. The summed E-state index contributed by atoms with van der Waals surface area (Å²) in [5.74, 6) is -0.697. The molecule has 2 nitrogen and oxygen atoms in total. The average molecular weight is 117 g/mol. The van der Waals surface area contributed by atoms with Gasteiger partial charge in [0.15, 0.2) is 0 Å². The van der Waals surface area contributed by atoms with E-state index < -0.39 is 5.89 Å². The number of hydrogen-bond donors (Lipinski definition) is 2. The monoisotopic (exact) mass is 117 g/mol. The van der Waals surface area contributed by atoms with E-state index in [1.165, 1.54) is 0 Å². The lowest BCUT2D eigenvalue weighted by molar-refractivity contribution is 0.0459. The van der Waals surface area contributed by atoms with E-state index >= 15 is 0 Å². The Labute approximate surface area is 50.6 Å². The SMILES string of the molecule is [2H]C1(CO)CCC1CO. The fourth-order valence-corrected chi connectivity index (χ4v) is 0.981. The minimum Gasteiger partial charge on any atom is -0.396 e. The molecule has 0 bridgehead atoms. The molecule has 0 heterocycles. The second-order valence-corrected chi connectivity index (χ2v) is 2.23. The van der Waals surface area contributed by atoms with Gasteiger partial charge in [0.25, 0.3) is 0 Å². The van der Waals surface area contributed by atoms with E-state index in [2.05, 4.69) is 0 Å². The Balaban J connectivity index is 2.41. The minimum absolute atomic E-state index is 0.0162. The lowest BCUT2D eigenvalue weighted by Gasteiger charge is -2.33. The summed E-state index contributed by atoms with van der Waals surface area (Å²) in [6.45, 7) is -0.0672. The van der Waals surface area contributed by atoms with Gasteiger partial charge in [0.2, 0.25) is 0 Å². The summed E-state index contributed by atoms with van der Waals surface area (Å²) in [5, 5.41) is 17.3. The largest absolute Gasteiger partial charge is 0.396 e. The van der Waals surface area contributed by atoms with Crippen molar-refractivity contribution in [3.63, 3.8) is 0 Å². The topological polar surface area (TPSA) is 40.5 Å². The fourth-order valence-electron chi connectivity index (χ4n) is 0.981. The molecular formula is C6H12O2. The molecule has 1 aliphatic carbocycles. The first-order valence-electron chi connectivity index (χ1n) is 3.44. The van der Waals surface area contributed by atoms with Crippen LogP contribution in [-0.2, 0) is 0 Å². The second kappa shape index (κ2) is 2.46. The molecule has 0 aromatic rings. The van der Waals surface area contributed by atoms with Crippen LogP contribution in [0.5, 0.6) is 0 Å². The van der Waals surface area contributed by atoms with Crippen molar-refractivity contribution in [3.8, 4) is 0 Å². The third kappa shape index (κ3) is 0.858. The zero-order valence-electron chi connectivity index (χ0n) is 5.80. The predicted octanol–water partition coefficient (Wildman–Crippen LogP) is -0.00280. The maximum atomic E-state index is 8.65. The van der Waals surface area contributed by atoms with Gasteiger partial charge in [-0.05, 0) is 24.7 Å². The maximum absolute atomic E-state index is 8.65. The molecule has 0 radical (unpaired) electrons. The summed E-state index contributed by atoms with van der Waals surface area (Å²) in [5.41, 5.74) is 0. The fraction of sp³-hybridized carbons (Fsp3) is 1.00. The van der Waals surface area contributed by atoms with E-state index in [-0.39, 0.29) is 19.1 Å². The van der Waals surface area contributed by atoms with Gasteiger partial charge in [-0.2, -0.15) is 0 Å². The van der Waals surface area contributed by atoms with Gasteiger partial charge < -0.3 is 10.2 Å². The van der Waals surface area contributed by atoms with Crippen LogP contribution in [0.15, 0.2) is 0 Å². The Hall–Kier alpha value is -0.0800. The molecule has 2 N–H and O–H groups in total. The highest BCUT2D eigenvalue weighted by Gasteiger charge is 2.28. The van der Waals surface area contributed by atoms with Gasteiger partial charge in [-0.1, -0.05) is 0 Å². The van der Waals surface area contributed by atoms with Crippen LogP contribution in [0.4, 0.5) is 0 Å². The highest BCUT2D eigenvalue weighted by Crippen LogP contribution is 2.32. The molecule has 48 valence electrons. The zero-order chi connectivity index (χ0) is 6.91. The van der Waals surface area contributed by atoms with E-state index in [1.807, 2.05) is 0 Å². The Kier molecular flexibility index (Phi) is 1.47. The van der Waals surface area contributed by atoms with Crippen LogP contribution in [0.2, 0.25) is 0 Å². The first kappa shape index (κ1) is 4.77. The molecule has 2 heteroatoms.